The molecule has 2 aliphatic rings. The first kappa shape index (κ1) is 15.6. The SMILES string of the molecule is CCCc1ccc(C(=O)N2CC3(C)CC2CC(C)(C)C3)cc1. The molecule has 120 valence electrons. The number of fused-ring (bicyclic) bond motifs is 2. The zero-order chi connectivity index (χ0) is 16.0. The maximum absolute atomic E-state index is 12.9. The van der Waals surface area contributed by atoms with Crippen molar-refractivity contribution in [2.24, 2.45) is 10.8 Å². The van der Waals surface area contributed by atoms with E-state index in [1.165, 1.54) is 18.4 Å². The van der Waals surface area contributed by atoms with Crippen LogP contribution in [-0.4, -0.2) is 23.4 Å². The molecule has 0 radical (unpaired) electrons. The molecule has 1 saturated carbocycles. The molecule has 1 aromatic rings. The molecular weight excluding hydrogens is 270 g/mol. The summed E-state index contributed by atoms with van der Waals surface area (Å²) in [5, 5.41) is 0. The number of nitrogens with zero attached hydrogens (tertiary/aromatic N) is 1. The molecule has 1 aliphatic carbocycles. The summed E-state index contributed by atoms with van der Waals surface area (Å²) in [5.74, 6) is 0.231. The third kappa shape index (κ3) is 2.93. The summed E-state index contributed by atoms with van der Waals surface area (Å²) < 4.78 is 0. The van der Waals surface area contributed by atoms with E-state index < -0.39 is 0 Å². The monoisotopic (exact) mass is 299 g/mol. The van der Waals surface area contributed by atoms with Gasteiger partial charge < -0.3 is 4.90 Å². The molecule has 1 aromatic carbocycles. The van der Waals surface area contributed by atoms with E-state index in [0.29, 0.717) is 16.9 Å². The van der Waals surface area contributed by atoms with Gasteiger partial charge in [0, 0.05) is 18.2 Å². The highest BCUT2D eigenvalue weighted by atomic mass is 16.2. The van der Waals surface area contributed by atoms with Crippen molar-refractivity contribution in [2.45, 2.75) is 65.8 Å². The first-order valence-corrected chi connectivity index (χ1v) is 8.72. The van der Waals surface area contributed by atoms with E-state index in [1.807, 2.05) is 12.1 Å². The quantitative estimate of drug-likeness (QED) is 0.793. The van der Waals surface area contributed by atoms with Crippen LogP contribution in [0.15, 0.2) is 24.3 Å². The molecule has 0 spiro atoms. The molecule has 22 heavy (non-hydrogen) atoms. The Morgan fingerprint density at radius 1 is 1.18 bits per heavy atom. The van der Waals surface area contributed by atoms with Crippen LogP contribution in [0.1, 0.15) is 69.3 Å². The Kier molecular flexibility index (Phi) is 3.82. The minimum absolute atomic E-state index is 0.231. The number of hydrogen-bond donors (Lipinski definition) is 0. The van der Waals surface area contributed by atoms with Crippen LogP contribution < -0.4 is 0 Å². The van der Waals surface area contributed by atoms with E-state index in [2.05, 4.69) is 44.7 Å². The Balaban J connectivity index is 1.78. The van der Waals surface area contributed by atoms with Crippen LogP contribution >= 0.6 is 0 Å². The van der Waals surface area contributed by atoms with Gasteiger partial charge in [-0.05, 0) is 54.2 Å². The van der Waals surface area contributed by atoms with Gasteiger partial charge in [-0.3, -0.25) is 4.79 Å². The summed E-state index contributed by atoms with van der Waals surface area (Å²) in [5.41, 5.74) is 2.85. The van der Waals surface area contributed by atoms with Crippen molar-refractivity contribution in [1.82, 2.24) is 4.90 Å². The van der Waals surface area contributed by atoms with E-state index in [4.69, 9.17) is 0 Å². The van der Waals surface area contributed by atoms with E-state index >= 15 is 0 Å². The van der Waals surface area contributed by atoms with Crippen LogP contribution in [0.2, 0.25) is 0 Å². The van der Waals surface area contributed by atoms with E-state index in [9.17, 15) is 4.79 Å². The molecule has 0 aromatic heterocycles. The Labute approximate surface area is 134 Å². The maximum Gasteiger partial charge on any atom is 0.254 e. The number of carbonyl (C=O) groups excluding carboxylic acids is 1. The van der Waals surface area contributed by atoms with Crippen molar-refractivity contribution in [3.05, 3.63) is 35.4 Å². The Hall–Kier alpha value is -1.31. The van der Waals surface area contributed by atoms with Gasteiger partial charge in [0.25, 0.3) is 5.91 Å². The van der Waals surface area contributed by atoms with Crippen LogP contribution in [0.4, 0.5) is 0 Å². The largest absolute Gasteiger partial charge is 0.335 e. The fourth-order valence-electron chi connectivity index (χ4n) is 4.97. The van der Waals surface area contributed by atoms with Crippen molar-refractivity contribution >= 4 is 5.91 Å². The summed E-state index contributed by atoms with van der Waals surface area (Å²) in [4.78, 5) is 15.1. The van der Waals surface area contributed by atoms with E-state index in [1.54, 1.807) is 0 Å². The lowest BCUT2D eigenvalue weighted by molar-refractivity contribution is 0.0708. The van der Waals surface area contributed by atoms with Crippen LogP contribution in [0.25, 0.3) is 0 Å². The topological polar surface area (TPSA) is 20.3 Å². The highest BCUT2D eigenvalue weighted by molar-refractivity contribution is 5.94. The predicted octanol–water partition coefficient (Wildman–Crippen LogP) is 4.68. The Morgan fingerprint density at radius 2 is 1.86 bits per heavy atom. The second-order valence-corrected chi connectivity index (χ2v) is 8.59. The van der Waals surface area contributed by atoms with Crippen LogP contribution in [0.3, 0.4) is 0 Å². The molecule has 2 unspecified atom stereocenters. The summed E-state index contributed by atoms with van der Waals surface area (Å²) >= 11 is 0. The van der Waals surface area contributed by atoms with Gasteiger partial charge in [0.05, 0.1) is 0 Å². The van der Waals surface area contributed by atoms with Crippen LogP contribution in [0.5, 0.6) is 0 Å². The molecular formula is C20H29NO. The molecule has 2 nitrogen and oxygen atoms in total. The van der Waals surface area contributed by atoms with Crippen molar-refractivity contribution in [2.75, 3.05) is 6.54 Å². The molecule has 0 N–H and O–H groups in total. The predicted molar refractivity (Wildman–Crippen MR) is 91.0 cm³/mol. The zero-order valence-corrected chi connectivity index (χ0v) is 14.5. The summed E-state index contributed by atoms with van der Waals surface area (Å²) in [7, 11) is 0. The highest BCUT2D eigenvalue weighted by Crippen LogP contribution is 2.52. The van der Waals surface area contributed by atoms with Crippen LogP contribution in [0, 0.1) is 10.8 Å². The summed E-state index contributed by atoms with van der Waals surface area (Å²) in [6.45, 7) is 10.2. The number of rotatable bonds is 3. The molecule has 2 bridgehead atoms. The van der Waals surface area contributed by atoms with Gasteiger partial charge >= 0.3 is 0 Å². The average Bonchev–Trinajstić information content (AvgIpc) is 2.68. The third-order valence-corrected chi connectivity index (χ3v) is 5.42. The fourth-order valence-corrected chi connectivity index (χ4v) is 4.97. The first-order chi connectivity index (χ1) is 10.3. The smallest absolute Gasteiger partial charge is 0.254 e. The van der Waals surface area contributed by atoms with Gasteiger partial charge in [-0.1, -0.05) is 46.2 Å². The molecule has 2 fully saturated rings. The van der Waals surface area contributed by atoms with Crippen molar-refractivity contribution in [3.8, 4) is 0 Å². The lowest BCUT2D eigenvalue weighted by Gasteiger charge is -2.39. The van der Waals surface area contributed by atoms with Gasteiger partial charge in [0.1, 0.15) is 0 Å². The number of likely N-dealkylation sites (tertiary alicyclic amines) is 1. The number of amides is 1. The summed E-state index contributed by atoms with van der Waals surface area (Å²) in [6, 6.07) is 8.69. The third-order valence-electron chi connectivity index (χ3n) is 5.42. The zero-order valence-electron chi connectivity index (χ0n) is 14.5. The number of aryl methyl sites for hydroxylation is 1. The minimum atomic E-state index is 0.231. The van der Waals surface area contributed by atoms with Crippen molar-refractivity contribution in [3.63, 3.8) is 0 Å². The van der Waals surface area contributed by atoms with Crippen LogP contribution in [-0.2, 0) is 6.42 Å². The lowest BCUT2D eigenvalue weighted by Crippen LogP contribution is -2.37. The maximum atomic E-state index is 12.9. The minimum Gasteiger partial charge on any atom is -0.335 e. The average molecular weight is 299 g/mol. The number of benzene rings is 1. The van der Waals surface area contributed by atoms with E-state index in [-0.39, 0.29) is 5.91 Å². The molecule has 1 aliphatic heterocycles. The second kappa shape index (κ2) is 5.40. The highest BCUT2D eigenvalue weighted by Gasteiger charge is 2.50. The number of hydrogen-bond acceptors (Lipinski definition) is 1. The molecule has 1 amide bonds. The number of carbonyl (C=O) groups is 1. The van der Waals surface area contributed by atoms with Gasteiger partial charge in [0.2, 0.25) is 0 Å². The molecule has 1 saturated heterocycles. The van der Waals surface area contributed by atoms with E-state index in [0.717, 1.165) is 31.4 Å². The van der Waals surface area contributed by atoms with Gasteiger partial charge in [-0.25, -0.2) is 0 Å². The molecule has 1 heterocycles. The Bertz CT molecular complexity index is 560. The summed E-state index contributed by atoms with van der Waals surface area (Å²) in [6.07, 6.45) is 5.79. The molecule has 3 rings (SSSR count). The molecule has 2 heteroatoms. The van der Waals surface area contributed by atoms with Gasteiger partial charge in [0.15, 0.2) is 0 Å². The van der Waals surface area contributed by atoms with Crippen molar-refractivity contribution < 1.29 is 4.79 Å². The fraction of sp³-hybridized carbons (Fsp3) is 0.650. The van der Waals surface area contributed by atoms with Gasteiger partial charge in [-0.15, -0.1) is 0 Å². The van der Waals surface area contributed by atoms with Gasteiger partial charge in [-0.2, -0.15) is 0 Å². The van der Waals surface area contributed by atoms with Crippen molar-refractivity contribution in [1.29, 1.82) is 0 Å². The Morgan fingerprint density at radius 3 is 2.50 bits per heavy atom. The first-order valence-electron chi connectivity index (χ1n) is 8.72. The lowest BCUT2D eigenvalue weighted by atomic mass is 9.65. The normalized spacial score (nSPS) is 29.6. The standard InChI is InChI=1S/C20H29NO/c1-5-6-15-7-9-16(10-8-15)18(22)21-14-20(4)12-17(21)11-19(2,3)13-20/h7-10,17H,5-6,11-14H2,1-4H3. The molecule has 2 atom stereocenters. The second-order valence-electron chi connectivity index (χ2n) is 8.59.